The second kappa shape index (κ2) is 55.9. The van der Waals surface area contributed by atoms with Gasteiger partial charge in [-0.25, -0.2) is 9.13 Å². The molecule has 3 unspecified atom stereocenters. The van der Waals surface area contributed by atoms with Crippen molar-refractivity contribution >= 4 is 39.5 Å². The second-order valence-corrected chi connectivity index (χ2v) is 25.6. The Balaban J connectivity index is 5.20. The Kier molecular flexibility index (Phi) is 54.6. The Bertz CT molecular complexity index is 1590. The van der Waals surface area contributed by atoms with Crippen LogP contribution in [0.3, 0.4) is 0 Å². The highest BCUT2D eigenvalue weighted by atomic mass is 31.2. The van der Waals surface area contributed by atoms with Crippen LogP contribution in [0.1, 0.15) is 311 Å². The van der Waals surface area contributed by atoms with E-state index in [2.05, 4.69) is 34.6 Å². The first kappa shape index (κ1) is 79.1. The number of ether oxygens (including phenoxy) is 4. The molecule has 0 saturated heterocycles. The van der Waals surface area contributed by atoms with Gasteiger partial charge in [-0.15, -0.1) is 0 Å². The van der Waals surface area contributed by atoms with Crippen LogP contribution in [0, 0.1) is 5.92 Å². The molecular formula is C62H120O17P2. The maximum atomic E-state index is 13.0. The van der Waals surface area contributed by atoms with Crippen molar-refractivity contribution < 1.29 is 80.2 Å². The second-order valence-electron chi connectivity index (χ2n) is 22.7. The van der Waals surface area contributed by atoms with E-state index in [9.17, 15) is 43.2 Å². The number of aliphatic hydroxyl groups is 1. The van der Waals surface area contributed by atoms with Crippen molar-refractivity contribution in [3.63, 3.8) is 0 Å². The van der Waals surface area contributed by atoms with Crippen LogP contribution in [0.15, 0.2) is 0 Å². The normalized spacial score (nSPS) is 14.6. The molecule has 0 aliphatic rings. The molecule has 480 valence electrons. The first-order valence-corrected chi connectivity index (χ1v) is 35.7. The Hall–Kier alpha value is -1.94. The topological polar surface area (TPSA) is 237 Å². The van der Waals surface area contributed by atoms with E-state index in [1.165, 1.54) is 116 Å². The van der Waals surface area contributed by atoms with E-state index in [4.69, 9.17) is 37.0 Å². The van der Waals surface area contributed by atoms with Gasteiger partial charge in [-0.2, -0.15) is 0 Å². The van der Waals surface area contributed by atoms with Gasteiger partial charge in [-0.1, -0.05) is 259 Å². The van der Waals surface area contributed by atoms with Crippen LogP contribution in [0.25, 0.3) is 0 Å². The minimum atomic E-state index is -4.94. The molecule has 0 spiro atoms. The average Bonchev–Trinajstić information content (AvgIpc) is 3.44. The lowest BCUT2D eigenvalue weighted by atomic mass is 10.00. The molecule has 0 heterocycles. The van der Waals surface area contributed by atoms with Gasteiger partial charge in [0.2, 0.25) is 0 Å². The summed E-state index contributed by atoms with van der Waals surface area (Å²) in [4.78, 5) is 72.0. The Morgan fingerprint density at radius 3 is 0.877 bits per heavy atom. The third-order valence-electron chi connectivity index (χ3n) is 14.6. The van der Waals surface area contributed by atoms with Crippen LogP contribution in [-0.4, -0.2) is 96.7 Å². The predicted octanol–water partition coefficient (Wildman–Crippen LogP) is 17.0. The van der Waals surface area contributed by atoms with Gasteiger partial charge in [-0.05, 0) is 31.6 Å². The summed E-state index contributed by atoms with van der Waals surface area (Å²) in [6.07, 6.45) is 39.1. The van der Waals surface area contributed by atoms with Crippen molar-refractivity contribution in [1.82, 2.24) is 0 Å². The van der Waals surface area contributed by atoms with Gasteiger partial charge in [0.05, 0.1) is 26.4 Å². The summed E-state index contributed by atoms with van der Waals surface area (Å²) in [6.45, 7) is 7.09. The lowest BCUT2D eigenvalue weighted by molar-refractivity contribution is -0.161. The highest BCUT2D eigenvalue weighted by molar-refractivity contribution is 7.47. The first-order chi connectivity index (χ1) is 39.1. The molecule has 81 heavy (non-hydrogen) atoms. The quantitative estimate of drug-likeness (QED) is 0.0222. The summed E-state index contributed by atoms with van der Waals surface area (Å²) in [5.41, 5.74) is 0. The maximum Gasteiger partial charge on any atom is 0.472 e. The van der Waals surface area contributed by atoms with Crippen LogP contribution < -0.4 is 0 Å². The molecule has 6 atom stereocenters. The molecule has 0 amide bonds. The number of carbonyl (C=O) groups is 4. The SMILES string of the molecule is CCCCCCCCCCCCCCCCCC(=O)O[C@H](COC(=O)CCCCCCCCC(C)CC)COP(=O)(O)OC[C@@H](O)COP(=O)(O)OC[C@@H](COC(=O)CCCCCCCCC)OC(=O)CCCCCCCCCCC. The summed E-state index contributed by atoms with van der Waals surface area (Å²) in [7, 11) is -9.88. The van der Waals surface area contributed by atoms with Gasteiger partial charge in [0.1, 0.15) is 19.3 Å². The number of rotatable bonds is 62. The number of aliphatic hydroxyl groups excluding tert-OH is 1. The first-order valence-electron chi connectivity index (χ1n) is 32.7. The van der Waals surface area contributed by atoms with Crippen LogP contribution in [0.5, 0.6) is 0 Å². The highest BCUT2D eigenvalue weighted by Crippen LogP contribution is 2.45. The number of esters is 4. The smallest absolute Gasteiger partial charge is 0.462 e. The molecule has 0 radical (unpaired) electrons. The number of phosphoric acid groups is 2. The third-order valence-corrected chi connectivity index (χ3v) is 16.5. The van der Waals surface area contributed by atoms with Crippen LogP contribution in [-0.2, 0) is 65.4 Å². The standard InChI is InChI=1S/C62H120O17P2/c1-6-10-13-16-19-21-22-23-24-25-26-28-31-38-43-48-62(67)79-58(52-73-60(65)46-41-36-33-32-34-39-44-55(5)9-4)54-77-81(70,71)75-50-56(63)49-74-80(68,69)76-53-57(51-72-59(64)45-40-35-29-18-15-12-8-3)78-61(66)47-42-37-30-27-20-17-14-11-7-2/h55-58,63H,6-54H2,1-5H3,(H,68,69)(H,70,71)/t55?,56-,57+,58+/m0/s1. The van der Waals surface area contributed by atoms with E-state index in [-0.39, 0.29) is 25.7 Å². The van der Waals surface area contributed by atoms with Gasteiger partial charge < -0.3 is 33.8 Å². The number of carbonyl (C=O) groups excluding carboxylic acids is 4. The molecule has 0 aromatic heterocycles. The molecule has 0 saturated carbocycles. The summed E-state index contributed by atoms with van der Waals surface area (Å²) in [6, 6.07) is 0. The predicted molar refractivity (Wildman–Crippen MR) is 322 cm³/mol. The van der Waals surface area contributed by atoms with E-state index in [0.29, 0.717) is 25.7 Å². The largest absolute Gasteiger partial charge is 0.472 e. The van der Waals surface area contributed by atoms with Crippen LogP contribution in [0.4, 0.5) is 0 Å². The fourth-order valence-corrected chi connectivity index (χ4v) is 10.8. The van der Waals surface area contributed by atoms with Gasteiger partial charge in [0.15, 0.2) is 12.2 Å². The van der Waals surface area contributed by atoms with Crippen molar-refractivity contribution in [3.8, 4) is 0 Å². The maximum absolute atomic E-state index is 13.0. The minimum Gasteiger partial charge on any atom is -0.462 e. The molecule has 17 nitrogen and oxygen atoms in total. The van der Waals surface area contributed by atoms with E-state index in [0.717, 1.165) is 115 Å². The zero-order valence-electron chi connectivity index (χ0n) is 51.9. The van der Waals surface area contributed by atoms with Crippen molar-refractivity contribution in [1.29, 1.82) is 0 Å². The van der Waals surface area contributed by atoms with Crippen LogP contribution in [0.2, 0.25) is 0 Å². The van der Waals surface area contributed by atoms with E-state index in [1.807, 2.05) is 0 Å². The number of phosphoric ester groups is 2. The average molecular weight is 1200 g/mol. The van der Waals surface area contributed by atoms with E-state index in [1.54, 1.807) is 0 Å². The molecule has 0 rings (SSSR count). The van der Waals surface area contributed by atoms with E-state index >= 15 is 0 Å². The Labute approximate surface area is 492 Å². The molecule has 0 aliphatic carbocycles. The third kappa shape index (κ3) is 55.7. The highest BCUT2D eigenvalue weighted by Gasteiger charge is 2.30. The lowest BCUT2D eigenvalue weighted by Crippen LogP contribution is -2.30. The zero-order valence-corrected chi connectivity index (χ0v) is 53.7. The molecule has 0 aliphatic heterocycles. The fraction of sp³-hybridized carbons (Fsp3) is 0.935. The van der Waals surface area contributed by atoms with Crippen molar-refractivity contribution in [3.05, 3.63) is 0 Å². The molecule has 0 fully saturated rings. The van der Waals surface area contributed by atoms with Gasteiger partial charge in [0, 0.05) is 25.7 Å². The monoisotopic (exact) mass is 1200 g/mol. The molecular weight excluding hydrogens is 1080 g/mol. The zero-order chi connectivity index (χ0) is 59.9. The molecule has 19 heteroatoms. The fourth-order valence-electron chi connectivity index (χ4n) is 9.20. The molecule has 0 aromatic rings. The molecule has 0 aromatic carbocycles. The Morgan fingerprint density at radius 1 is 0.346 bits per heavy atom. The molecule has 0 bridgehead atoms. The van der Waals surface area contributed by atoms with Gasteiger partial charge in [0.25, 0.3) is 0 Å². The van der Waals surface area contributed by atoms with Gasteiger partial charge >= 0.3 is 39.5 Å². The number of unbranched alkanes of at least 4 members (excludes halogenated alkanes) is 33. The number of hydrogen-bond acceptors (Lipinski definition) is 15. The summed E-state index contributed by atoms with van der Waals surface area (Å²) >= 11 is 0. The van der Waals surface area contributed by atoms with Crippen LogP contribution >= 0.6 is 15.6 Å². The summed E-state index contributed by atoms with van der Waals surface area (Å²) in [5, 5.41) is 10.5. The van der Waals surface area contributed by atoms with Gasteiger partial charge in [-0.3, -0.25) is 37.3 Å². The van der Waals surface area contributed by atoms with Crippen molar-refractivity contribution in [2.24, 2.45) is 5.92 Å². The minimum absolute atomic E-state index is 0.105. The Morgan fingerprint density at radius 2 is 0.593 bits per heavy atom. The van der Waals surface area contributed by atoms with Crippen molar-refractivity contribution in [2.45, 2.75) is 329 Å². The summed E-state index contributed by atoms with van der Waals surface area (Å²) in [5.74, 6) is -1.41. The van der Waals surface area contributed by atoms with Crippen molar-refractivity contribution in [2.75, 3.05) is 39.6 Å². The molecule has 3 N–H and O–H groups in total. The summed E-state index contributed by atoms with van der Waals surface area (Å²) < 4.78 is 67.8. The lowest BCUT2D eigenvalue weighted by Gasteiger charge is -2.21. The van der Waals surface area contributed by atoms with E-state index < -0.39 is 97.5 Å². The number of hydrogen-bond donors (Lipinski definition) is 3.